The second-order valence-corrected chi connectivity index (χ2v) is 5.93. The predicted molar refractivity (Wildman–Crippen MR) is 97.4 cm³/mol. The van der Waals surface area contributed by atoms with Crippen LogP contribution in [0.1, 0.15) is 27.3 Å². The Morgan fingerprint density at radius 3 is 2.44 bits per heavy atom. The SMILES string of the molecule is CN(Cc1ccc(Cc2ccccc2)nc1C=O)c1ccccc1F. The Balaban J connectivity index is 1.80. The van der Waals surface area contributed by atoms with E-state index in [-0.39, 0.29) is 5.82 Å². The van der Waals surface area contributed by atoms with Crippen molar-refractivity contribution in [1.29, 1.82) is 0 Å². The summed E-state index contributed by atoms with van der Waals surface area (Å²) in [5, 5.41) is 0. The molecule has 0 fully saturated rings. The fraction of sp³-hybridized carbons (Fsp3) is 0.143. The van der Waals surface area contributed by atoms with Gasteiger partial charge in [-0.05, 0) is 23.8 Å². The number of carbonyl (C=O) groups is 1. The molecule has 3 aromatic rings. The summed E-state index contributed by atoms with van der Waals surface area (Å²) in [6.07, 6.45) is 1.43. The van der Waals surface area contributed by atoms with Crippen LogP contribution in [0.4, 0.5) is 10.1 Å². The number of pyridine rings is 1. The number of carbonyl (C=O) groups excluding carboxylic acids is 1. The zero-order valence-electron chi connectivity index (χ0n) is 14.0. The van der Waals surface area contributed by atoms with E-state index < -0.39 is 0 Å². The number of anilines is 1. The number of hydrogen-bond donors (Lipinski definition) is 0. The van der Waals surface area contributed by atoms with Crippen LogP contribution in [-0.4, -0.2) is 18.3 Å². The second-order valence-electron chi connectivity index (χ2n) is 5.93. The number of hydrogen-bond acceptors (Lipinski definition) is 3. The van der Waals surface area contributed by atoms with Crippen LogP contribution >= 0.6 is 0 Å². The molecule has 0 amide bonds. The van der Waals surface area contributed by atoms with Crippen LogP contribution in [0.3, 0.4) is 0 Å². The Kier molecular flexibility index (Phi) is 5.19. The van der Waals surface area contributed by atoms with E-state index in [0.29, 0.717) is 24.3 Å². The molecule has 0 saturated carbocycles. The largest absolute Gasteiger partial charge is 0.368 e. The standard InChI is InChI=1S/C21H19FN2O/c1-24(21-10-6-5-9-19(21)22)14-17-11-12-18(23-20(17)15-25)13-16-7-3-2-4-8-16/h2-12,15H,13-14H2,1H3. The first-order valence-electron chi connectivity index (χ1n) is 8.11. The average Bonchev–Trinajstić information content (AvgIpc) is 2.64. The first kappa shape index (κ1) is 16.8. The molecule has 0 N–H and O–H groups in total. The van der Waals surface area contributed by atoms with Gasteiger partial charge in [0.25, 0.3) is 0 Å². The third-order valence-corrected chi connectivity index (χ3v) is 4.08. The van der Waals surface area contributed by atoms with Crippen molar-refractivity contribution in [1.82, 2.24) is 4.98 Å². The highest BCUT2D eigenvalue weighted by Crippen LogP contribution is 2.20. The first-order valence-corrected chi connectivity index (χ1v) is 8.11. The highest BCUT2D eigenvalue weighted by atomic mass is 19.1. The van der Waals surface area contributed by atoms with Crippen molar-refractivity contribution in [3.8, 4) is 0 Å². The lowest BCUT2D eigenvalue weighted by Gasteiger charge is -2.20. The van der Waals surface area contributed by atoms with Gasteiger partial charge in [0.15, 0.2) is 6.29 Å². The van der Waals surface area contributed by atoms with Crippen LogP contribution < -0.4 is 4.90 Å². The van der Waals surface area contributed by atoms with Crippen LogP contribution in [0, 0.1) is 5.82 Å². The van der Waals surface area contributed by atoms with Gasteiger partial charge in [0.05, 0.1) is 5.69 Å². The van der Waals surface area contributed by atoms with Gasteiger partial charge in [-0.25, -0.2) is 9.37 Å². The maximum atomic E-state index is 13.9. The molecule has 126 valence electrons. The quantitative estimate of drug-likeness (QED) is 0.632. The molecule has 0 spiro atoms. The molecular formula is C21H19FN2O. The predicted octanol–water partition coefficient (Wildman–Crippen LogP) is 4.26. The molecule has 3 nitrogen and oxygen atoms in total. The van der Waals surface area contributed by atoms with E-state index in [1.165, 1.54) is 6.07 Å². The summed E-state index contributed by atoms with van der Waals surface area (Å²) in [5.41, 5.74) is 3.65. The molecule has 0 radical (unpaired) electrons. The smallest absolute Gasteiger partial charge is 0.168 e. The Hall–Kier alpha value is -3.01. The highest BCUT2D eigenvalue weighted by molar-refractivity contribution is 5.74. The van der Waals surface area contributed by atoms with Crippen molar-refractivity contribution in [2.45, 2.75) is 13.0 Å². The molecule has 1 aromatic heterocycles. The van der Waals surface area contributed by atoms with Crippen molar-refractivity contribution >= 4 is 12.0 Å². The van der Waals surface area contributed by atoms with Gasteiger partial charge in [0.1, 0.15) is 11.5 Å². The van der Waals surface area contributed by atoms with Crippen molar-refractivity contribution in [2.75, 3.05) is 11.9 Å². The van der Waals surface area contributed by atoms with E-state index in [4.69, 9.17) is 0 Å². The summed E-state index contributed by atoms with van der Waals surface area (Å²) < 4.78 is 13.9. The lowest BCUT2D eigenvalue weighted by Crippen LogP contribution is -2.19. The molecule has 1 heterocycles. The Bertz CT molecular complexity index is 865. The van der Waals surface area contributed by atoms with Gasteiger partial charge in [0.2, 0.25) is 0 Å². The van der Waals surface area contributed by atoms with Crippen LogP contribution in [0.2, 0.25) is 0 Å². The normalized spacial score (nSPS) is 10.5. The molecule has 0 unspecified atom stereocenters. The maximum absolute atomic E-state index is 13.9. The molecule has 0 atom stereocenters. The summed E-state index contributed by atoms with van der Waals surface area (Å²) in [7, 11) is 1.80. The fourth-order valence-electron chi connectivity index (χ4n) is 2.79. The monoisotopic (exact) mass is 334 g/mol. The minimum atomic E-state index is -0.286. The summed E-state index contributed by atoms with van der Waals surface area (Å²) in [6.45, 7) is 0.410. The average molecular weight is 334 g/mol. The van der Waals surface area contributed by atoms with Gasteiger partial charge in [-0.15, -0.1) is 0 Å². The van der Waals surface area contributed by atoms with E-state index in [9.17, 15) is 9.18 Å². The zero-order chi connectivity index (χ0) is 17.6. The Morgan fingerprint density at radius 1 is 1.00 bits per heavy atom. The number of aromatic nitrogens is 1. The number of para-hydroxylation sites is 1. The molecule has 0 aliphatic carbocycles. The van der Waals surface area contributed by atoms with Crippen molar-refractivity contribution in [3.05, 3.63) is 95.1 Å². The molecule has 3 rings (SSSR count). The number of halogens is 1. The lowest BCUT2D eigenvalue weighted by molar-refractivity contribution is 0.111. The second kappa shape index (κ2) is 7.71. The van der Waals surface area contributed by atoms with Crippen LogP contribution in [-0.2, 0) is 13.0 Å². The van der Waals surface area contributed by atoms with E-state index >= 15 is 0 Å². The van der Waals surface area contributed by atoms with Crippen LogP contribution in [0.25, 0.3) is 0 Å². The van der Waals surface area contributed by atoms with Gasteiger partial charge >= 0.3 is 0 Å². The number of aldehydes is 1. The maximum Gasteiger partial charge on any atom is 0.168 e. The topological polar surface area (TPSA) is 33.2 Å². The molecule has 2 aromatic carbocycles. The van der Waals surface area contributed by atoms with Gasteiger partial charge in [0, 0.05) is 31.3 Å². The van der Waals surface area contributed by atoms with Gasteiger partial charge in [-0.3, -0.25) is 4.79 Å². The molecule has 4 heteroatoms. The minimum Gasteiger partial charge on any atom is -0.368 e. The number of benzene rings is 2. The minimum absolute atomic E-state index is 0.286. The van der Waals surface area contributed by atoms with Crippen molar-refractivity contribution in [2.24, 2.45) is 0 Å². The van der Waals surface area contributed by atoms with Crippen LogP contribution in [0.15, 0.2) is 66.7 Å². The van der Waals surface area contributed by atoms with E-state index in [2.05, 4.69) is 4.98 Å². The van der Waals surface area contributed by atoms with Crippen molar-refractivity contribution < 1.29 is 9.18 Å². The summed E-state index contributed by atoms with van der Waals surface area (Å²) >= 11 is 0. The summed E-state index contributed by atoms with van der Waals surface area (Å²) in [6, 6.07) is 20.4. The molecule has 0 saturated heterocycles. The van der Waals surface area contributed by atoms with E-state index in [0.717, 1.165) is 23.1 Å². The lowest BCUT2D eigenvalue weighted by atomic mass is 10.1. The number of rotatable bonds is 6. The fourth-order valence-corrected chi connectivity index (χ4v) is 2.79. The Labute approximate surface area is 146 Å². The van der Waals surface area contributed by atoms with Gasteiger partial charge in [-0.2, -0.15) is 0 Å². The zero-order valence-corrected chi connectivity index (χ0v) is 14.0. The summed E-state index contributed by atoms with van der Waals surface area (Å²) in [5.74, 6) is -0.286. The third kappa shape index (κ3) is 4.10. The van der Waals surface area contributed by atoms with Crippen LogP contribution in [0.5, 0.6) is 0 Å². The Morgan fingerprint density at radius 2 is 1.72 bits per heavy atom. The van der Waals surface area contributed by atoms with Crippen molar-refractivity contribution in [3.63, 3.8) is 0 Å². The molecular weight excluding hydrogens is 315 g/mol. The third-order valence-electron chi connectivity index (χ3n) is 4.08. The van der Waals surface area contributed by atoms with E-state index in [1.54, 1.807) is 30.1 Å². The summed E-state index contributed by atoms with van der Waals surface area (Å²) in [4.78, 5) is 17.7. The molecule has 25 heavy (non-hydrogen) atoms. The van der Waals surface area contributed by atoms with Gasteiger partial charge in [-0.1, -0.05) is 48.5 Å². The highest BCUT2D eigenvalue weighted by Gasteiger charge is 2.11. The number of nitrogens with zero attached hydrogens (tertiary/aromatic N) is 2. The van der Waals surface area contributed by atoms with E-state index in [1.807, 2.05) is 42.5 Å². The molecule has 0 aliphatic heterocycles. The molecule has 0 aliphatic rings. The van der Waals surface area contributed by atoms with Gasteiger partial charge < -0.3 is 4.90 Å². The first-order chi connectivity index (χ1) is 12.2. The molecule has 0 bridgehead atoms.